The van der Waals surface area contributed by atoms with Gasteiger partial charge in [-0.1, -0.05) is 13.8 Å². The average molecular weight is 270 g/mol. The molecule has 0 aromatic carbocycles. The van der Waals surface area contributed by atoms with Crippen molar-refractivity contribution in [2.75, 3.05) is 39.9 Å². The highest BCUT2D eigenvalue weighted by Gasteiger charge is 2.18. The molecule has 0 radical (unpaired) electrons. The molecule has 0 aliphatic carbocycles. The van der Waals surface area contributed by atoms with Crippen LogP contribution in [-0.4, -0.2) is 50.7 Å². The summed E-state index contributed by atoms with van der Waals surface area (Å²) in [6.45, 7) is 9.01. The largest absolute Gasteiger partial charge is 0.383 e. The van der Waals surface area contributed by atoms with Gasteiger partial charge in [-0.2, -0.15) is 0 Å². The standard InChI is InChI=1S/C15H30N2O2/c1-13(2)15(18)16-8-4-5-14-6-9-17(10-7-14)11-12-19-3/h13-14H,4-12H2,1-3H3,(H,16,18). The molecule has 4 nitrogen and oxygen atoms in total. The van der Waals surface area contributed by atoms with Crippen LogP contribution in [0.2, 0.25) is 0 Å². The van der Waals surface area contributed by atoms with Gasteiger partial charge in [0.1, 0.15) is 0 Å². The van der Waals surface area contributed by atoms with Crippen molar-refractivity contribution in [2.24, 2.45) is 11.8 Å². The average Bonchev–Trinajstić information content (AvgIpc) is 2.42. The summed E-state index contributed by atoms with van der Waals surface area (Å²) < 4.78 is 5.11. The van der Waals surface area contributed by atoms with Gasteiger partial charge in [0.25, 0.3) is 0 Å². The van der Waals surface area contributed by atoms with Crippen molar-refractivity contribution in [1.29, 1.82) is 0 Å². The predicted molar refractivity (Wildman–Crippen MR) is 78.1 cm³/mol. The van der Waals surface area contributed by atoms with E-state index in [0.717, 1.165) is 32.0 Å². The normalized spacial score (nSPS) is 17.9. The molecule has 1 aliphatic rings. The lowest BCUT2D eigenvalue weighted by Crippen LogP contribution is -2.36. The van der Waals surface area contributed by atoms with E-state index in [1.54, 1.807) is 7.11 Å². The van der Waals surface area contributed by atoms with Crippen molar-refractivity contribution in [1.82, 2.24) is 10.2 Å². The van der Waals surface area contributed by atoms with E-state index in [9.17, 15) is 4.79 Å². The zero-order valence-electron chi connectivity index (χ0n) is 12.8. The Hall–Kier alpha value is -0.610. The third kappa shape index (κ3) is 6.92. The summed E-state index contributed by atoms with van der Waals surface area (Å²) in [7, 11) is 1.76. The van der Waals surface area contributed by atoms with Gasteiger partial charge in [0, 0.05) is 26.1 Å². The molecule has 0 saturated carbocycles. The molecule has 0 unspecified atom stereocenters. The molecule has 1 saturated heterocycles. The number of nitrogens with one attached hydrogen (secondary N) is 1. The summed E-state index contributed by atoms with van der Waals surface area (Å²) in [4.78, 5) is 13.9. The second-order valence-corrected chi connectivity index (χ2v) is 5.87. The number of ether oxygens (including phenoxy) is 1. The quantitative estimate of drug-likeness (QED) is 0.685. The van der Waals surface area contributed by atoms with Crippen molar-refractivity contribution in [3.8, 4) is 0 Å². The Labute approximate surface area is 117 Å². The lowest BCUT2D eigenvalue weighted by Gasteiger charge is -2.31. The molecule has 1 N–H and O–H groups in total. The number of likely N-dealkylation sites (tertiary alicyclic amines) is 1. The third-order valence-corrected chi connectivity index (χ3v) is 3.93. The molecular weight excluding hydrogens is 240 g/mol. The minimum Gasteiger partial charge on any atom is -0.383 e. The molecule has 0 atom stereocenters. The van der Waals surface area contributed by atoms with E-state index >= 15 is 0 Å². The Bertz CT molecular complexity index is 249. The molecule has 1 amide bonds. The Morgan fingerprint density at radius 2 is 2.05 bits per heavy atom. The van der Waals surface area contributed by atoms with Crippen LogP contribution < -0.4 is 5.32 Å². The van der Waals surface area contributed by atoms with Gasteiger partial charge in [0.15, 0.2) is 0 Å². The Morgan fingerprint density at radius 3 is 2.63 bits per heavy atom. The summed E-state index contributed by atoms with van der Waals surface area (Å²) in [5.74, 6) is 1.12. The predicted octanol–water partition coefficient (Wildman–Crippen LogP) is 1.90. The van der Waals surface area contributed by atoms with Crippen molar-refractivity contribution in [2.45, 2.75) is 39.5 Å². The fourth-order valence-electron chi connectivity index (χ4n) is 2.53. The van der Waals surface area contributed by atoms with Gasteiger partial charge < -0.3 is 15.0 Å². The number of amides is 1. The van der Waals surface area contributed by atoms with Gasteiger partial charge in [-0.3, -0.25) is 4.79 Å². The first-order valence-electron chi connectivity index (χ1n) is 7.62. The topological polar surface area (TPSA) is 41.6 Å². The lowest BCUT2D eigenvalue weighted by molar-refractivity contribution is -0.123. The van der Waals surface area contributed by atoms with Gasteiger partial charge in [-0.15, -0.1) is 0 Å². The van der Waals surface area contributed by atoms with Gasteiger partial charge in [-0.25, -0.2) is 0 Å². The van der Waals surface area contributed by atoms with Crippen molar-refractivity contribution in [3.63, 3.8) is 0 Å². The SMILES string of the molecule is COCCN1CCC(CCCNC(=O)C(C)C)CC1. The molecule has 1 aliphatic heterocycles. The minimum atomic E-state index is 0.101. The van der Waals surface area contributed by atoms with E-state index in [1.165, 1.54) is 32.4 Å². The summed E-state index contributed by atoms with van der Waals surface area (Å²) in [5.41, 5.74) is 0. The second-order valence-electron chi connectivity index (χ2n) is 5.87. The summed E-state index contributed by atoms with van der Waals surface area (Å²) in [6.07, 6.45) is 4.95. The smallest absolute Gasteiger partial charge is 0.222 e. The first kappa shape index (κ1) is 16.4. The van der Waals surface area contributed by atoms with Crippen LogP contribution in [0.3, 0.4) is 0 Å². The molecule has 1 heterocycles. The first-order chi connectivity index (χ1) is 9.13. The van der Waals surface area contributed by atoms with Crippen LogP contribution in [-0.2, 0) is 9.53 Å². The number of hydrogen-bond acceptors (Lipinski definition) is 3. The van der Waals surface area contributed by atoms with Gasteiger partial charge >= 0.3 is 0 Å². The molecule has 112 valence electrons. The zero-order chi connectivity index (χ0) is 14.1. The van der Waals surface area contributed by atoms with E-state index in [1.807, 2.05) is 13.8 Å². The van der Waals surface area contributed by atoms with E-state index < -0.39 is 0 Å². The van der Waals surface area contributed by atoms with Crippen LogP contribution in [0.25, 0.3) is 0 Å². The van der Waals surface area contributed by atoms with Gasteiger partial charge in [0.05, 0.1) is 6.61 Å². The monoisotopic (exact) mass is 270 g/mol. The summed E-state index contributed by atoms with van der Waals surface area (Å²) >= 11 is 0. The fraction of sp³-hybridized carbons (Fsp3) is 0.933. The van der Waals surface area contributed by atoms with Crippen LogP contribution >= 0.6 is 0 Å². The maximum absolute atomic E-state index is 11.4. The molecule has 0 aromatic rings. The molecular formula is C15H30N2O2. The Kier molecular flexibility index (Phi) is 8.07. The molecule has 1 fully saturated rings. The number of carbonyl (C=O) groups is 1. The lowest BCUT2D eigenvalue weighted by atomic mass is 9.92. The third-order valence-electron chi connectivity index (χ3n) is 3.93. The van der Waals surface area contributed by atoms with Gasteiger partial charge in [0.2, 0.25) is 5.91 Å². The minimum absolute atomic E-state index is 0.101. The zero-order valence-corrected chi connectivity index (χ0v) is 12.8. The van der Waals surface area contributed by atoms with E-state index in [-0.39, 0.29) is 11.8 Å². The first-order valence-corrected chi connectivity index (χ1v) is 7.62. The van der Waals surface area contributed by atoms with Crippen LogP contribution in [0, 0.1) is 11.8 Å². The number of hydrogen-bond donors (Lipinski definition) is 1. The molecule has 0 spiro atoms. The number of nitrogens with zero attached hydrogens (tertiary/aromatic N) is 1. The number of carbonyl (C=O) groups excluding carboxylic acids is 1. The van der Waals surface area contributed by atoms with E-state index in [2.05, 4.69) is 10.2 Å². The highest BCUT2D eigenvalue weighted by atomic mass is 16.5. The molecule has 1 rings (SSSR count). The molecule has 0 bridgehead atoms. The van der Waals surface area contributed by atoms with Crippen LogP contribution in [0.4, 0.5) is 0 Å². The maximum atomic E-state index is 11.4. The summed E-state index contributed by atoms with van der Waals surface area (Å²) in [5, 5.41) is 2.99. The van der Waals surface area contributed by atoms with Crippen LogP contribution in [0.1, 0.15) is 39.5 Å². The van der Waals surface area contributed by atoms with Crippen molar-refractivity contribution < 1.29 is 9.53 Å². The fourth-order valence-corrected chi connectivity index (χ4v) is 2.53. The van der Waals surface area contributed by atoms with E-state index in [4.69, 9.17) is 4.74 Å². The maximum Gasteiger partial charge on any atom is 0.222 e. The number of rotatable bonds is 8. The Balaban J connectivity index is 2.02. The number of methoxy groups -OCH3 is 1. The van der Waals surface area contributed by atoms with Crippen molar-refractivity contribution in [3.05, 3.63) is 0 Å². The van der Waals surface area contributed by atoms with Crippen LogP contribution in [0.5, 0.6) is 0 Å². The molecule has 4 heteroatoms. The van der Waals surface area contributed by atoms with Gasteiger partial charge in [-0.05, 0) is 44.7 Å². The highest BCUT2D eigenvalue weighted by molar-refractivity contribution is 5.77. The number of piperidine rings is 1. The molecule has 0 aromatic heterocycles. The second kappa shape index (κ2) is 9.32. The van der Waals surface area contributed by atoms with Crippen molar-refractivity contribution >= 4 is 5.91 Å². The molecule has 19 heavy (non-hydrogen) atoms. The van der Waals surface area contributed by atoms with E-state index in [0.29, 0.717) is 0 Å². The summed E-state index contributed by atoms with van der Waals surface area (Å²) in [6, 6.07) is 0. The van der Waals surface area contributed by atoms with Crippen LogP contribution in [0.15, 0.2) is 0 Å². The Morgan fingerprint density at radius 1 is 1.37 bits per heavy atom. The highest BCUT2D eigenvalue weighted by Crippen LogP contribution is 2.21.